The highest BCUT2D eigenvalue weighted by Crippen LogP contribution is 2.24. The molecule has 1 amide bonds. The van der Waals surface area contributed by atoms with Crippen molar-refractivity contribution in [3.05, 3.63) is 47.9 Å². The smallest absolute Gasteiger partial charge is 0.274 e. The number of carbonyl (C=O) groups excluding carboxylic acids is 1. The zero-order chi connectivity index (χ0) is 16.5. The zero-order valence-electron chi connectivity index (χ0n) is 13.3. The Morgan fingerprint density at radius 1 is 1.17 bits per heavy atom. The third kappa shape index (κ3) is 2.63. The van der Waals surface area contributed by atoms with Crippen LogP contribution in [0, 0.1) is 6.92 Å². The Balaban J connectivity index is 1.80. The van der Waals surface area contributed by atoms with Gasteiger partial charge in [-0.3, -0.25) is 4.79 Å². The van der Waals surface area contributed by atoms with E-state index < -0.39 is 0 Å². The Hall–Kier alpha value is -2.80. The average molecular weight is 323 g/mol. The highest BCUT2D eigenvalue weighted by atomic mass is 16.5. The van der Waals surface area contributed by atoms with Crippen molar-refractivity contribution in [3.63, 3.8) is 0 Å². The SMILES string of the molecule is Cc1ccc(-c2cc(C(=O)N3CCOCC3)nn3cnnc23)cc1. The van der Waals surface area contributed by atoms with Gasteiger partial charge < -0.3 is 9.64 Å². The van der Waals surface area contributed by atoms with E-state index in [4.69, 9.17) is 4.74 Å². The molecule has 2 aromatic heterocycles. The normalized spacial score (nSPS) is 15.0. The van der Waals surface area contributed by atoms with Crippen LogP contribution in [-0.4, -0.2) is 56.9 Å². The van der Waals surface area contributed by atoms with Crippen molar-refractivity contribution >= 4 is 11.6 Å². The second kappa shape index (κ2) is 6.01. The van der Waals surface area contributed by atoms with E-state index in [0.717, 1.165) is 11.1 Å². The summed E-state index contributed by atoms with van der Waals surface area (Å²) in [6.07, 6.45) is 1.52. The largest absolute Gasteiger partial charge is 0.378 e. The van der Waals surface area contributed by atoms with E-state index in [-0.39, 0.29) is 5.91 Å². The number of benzene rings is 1. The van der Waals surface area contributed by atoms with Crippen molar-refractivity contribution in [2.75, 3.05) is 26.3 Å². The van der Waals surface area contributed by atoms with Gasteiger partial charge in [-0.2, -0.15) is 9.61 Å². The highest BCUT2D eigenvalue weighted by Gasteiger charge is 2.22. The fraction of sp³-hybridized carbons (Fsp3) is 0.294. The molecule has 1 aliphatic rings. The Kier molecular flexibility index (Phi) is 3.70. The first kappa shape index (κ1) is 14.8. The van der Waals surface area contributed by atoms with Gasteiger partial charge in [-0.25, -0.2) is 0 Å². The van der Waals surface area contributed by atoms with Crippen LogP contribution >= 0.6 is 0 Å². The second-order valence-electron chi connectivity index (χ2n) is 5.81. The molecular weight excluding hydrogens is 306 g/mol. The lowest BCUT2D eigenvalue weighted by molar-refractivity contribution is 0.0298. The maximum Gasteiger partial charge on any atom is 0.274 e. The minimum atomic E-state index is -0.0951. The first-order chi connectivity index (χ1) is 11.7. The highest BCUT2D eigenvalue weighted by molar-refractivity contribution is 5.94. The van der Waals surface area contributed by atoms with Gasteiger partial charge in [-0.05, 0) is 18.6 Å². The number of aromatic nitrogens is 4. The molecule has 1 aromatic carbocycles. The Labute approximate surface area is 138 Å². The third-order valence-corrected chi connectivity index (χ3v) is 4.15. The molecule has 0 aliphatic carbocycles. The molecule has 0 atom stereocenters. The molecule has 1 fully saturated rings. The maximum atomic E-state index is 12.8. The molecule has 1 aliphatic heterocycles. The number of hydrogen-bond donors (Lipinski definition) is 0. The number of ether oxygens (including phenoxy) is 1. The van der Waals surface area contributed by atoms with E-state index in [1.54, 1.807) is 15.5 Å². The number of nitrogens with zero attached hydrogens (tertiary/aromatic N) is 5. The summed E-state index contributed by atoms with van der Waals surface area (Å²) < 4.78 is 6.87. The van der Waals surface area contributed by atoms with E-state index in [2.05, 4.69) is 15.3 Å². The molecule has 0 radical (unpaired) electrons. The Morgan fingerprint density at radius 2 is 1.92 bits per heavy atom. The van der Waals surface area contributed by atoms with Crippen molar-refractivity contribution in [2.24, 2.45) is 0 Å². The minimum absolute atomic E-state index is 0.0951. The quantitative estimate of drug-likeness (QED) is 0.716. The number of amides is 1. The van der Waals surface area contributed by atoms with Crippen molar-refractivity contribution in [1.82, 2.24) is 24.7 Å². The van der Waals surface area contributed by atoms with Crippen LogP contribution in [0.1, 0.15) is 16.1 Å². The molecule has 0 bridgehead atoms. The summed E-state index contributed by atoms with van der Waals surface area (Å²) in [5, 5.41) is 12.4. The van der Waals surface area contributed by atoms with Gasteiger partial charge in [0.15, 0.2) is 5.65 Å². The molecule has 3 aromatic rings. The van der Waals surface area contributed by atoms with Gasteiger partial charge in [0, 0.05) is 18.7 Å². The van der Waals surface area contributed by atoms with Crippen LogP contribution in [-0.2, 0) is 4.74 Å². The molecule has 3 heterocycles. The lowest BCUT2D eigenvalue weighted by atomic mass is 10.0. The summed E-state index contributed by atoms with van der Waals surface area (Å²) in [7, 11) is 0. The van der Waals surface area contributed by atoms with E-state index in [9.17, 15) is 4.79 Å². The maximum absolute atomic E-state index is 12.8. The Bertz CT molecular complexity index is 882. The topological polar surface area (TPSA) is 72.6 Å². The van der Waals surface area contributed by atoms with Crippen LogP contribution in [0.5, 0.6) is 0 Å². The van der Waals surface area contributed by atoms with Gasteiger partial charge in [0.25, 0.3) is 5.91 Å². The number of carbonyl (C=O) groups is 1. The zero-order valence-corrected chi connectivity index (χ0v) is 13.3. The number of rotatable bonds is 2. The summed E-state index contributed by atoms with van der Waals surface area (Å²) in [5.41, 5.74) is 4.03. The molecular formula is C17H17N5O2. The summed E-state index contributed by atoms with van der Waals surface area (Å²) in [4.78, 5) is 14.5. The van der Waals surface area contributed by atoms with Crippen molar-refractivity contribution in [2.45, 2.75) is 6.92 Å². The van der Waals surface area contributed by atoms with Gasteiger partial charge >= 0.3 is 0 Å². The summed E-state index contributed by atoms with van der Waals surface area (Å²) in [5.74, 6) is -0.0951. The van der Waals surface area contributed by atoms with Crippen LogP contribution < -0.4 is 0 Å². The molecule has 0 N–H and O–H groups in total. The van der Waals surface area contributed by atoms with Crippen LogP contribution in [0.4, 0.5) is 0 Å². The van der Waals surface area contributed by atoms with Gasteiger partial charge in [0.05, 0.1) is 13.2 Å². The predicted molar refractivity (Wildman–Crippen MR) is 87.7 cm³/mol. The average Bonchev–Trinajstić information content (AvgIpc) is 3.10. The van der Waals surface area contributed by atoms with E-state index >= 15 is 0 Å². The Morgan fingerprint density at radius 3 is 2.67 bits per heavy atom. The lowest BCUT2D eigenvalue weighted by Crippen LogP contribution is -2.41. The van der Waals surface area contributed by atoms with Crippen LogP contribution in [0.15, 0.2) is 36.7 Å². The van der Waals surface area contributed by atoms with Crippen LogP contribution in [0.3, 0.4) is 0 Å². The van der Waals surface area contributed by atoms with Gasteiger partial charge in [0.2, 0.25) is 0 Å². The first-order valence-electron chi connectivity index (χ1n) is 7.87. The number of morpholine rings is 1. The molecule has 24 heavy (non-hydrogen) atoms. The van der Waals surface area contributed by atoms with Crippen LogP contribution in [0.2, 0.25) is 0 Å². The molecule has 0 saturated carbocycles. The monoisotopic (exact) mass is 323 g/mol. The molecule has 122 valence electrons. The molecule has 0 unspecified atom stereocenters. The summed E-state index contributed by atoms with van der Waals surface area (Å²) in [6, 6.07) is 9.90. The van der Waals surface area contributed by atoms with Crippen molar-refractivity contribution in [1.29, 1.82) is 0 Å². The summed E-state index contributed by atoms with van der Waals surface area (Å²) >= 11 is 0. The number of fused-ring (bicyclic) bond motifs is 1. The van der Waals surface area contributed by atoms with Crippen molar-refractivity contribution < 1.29 is 9.53 Å². The molecule has 4 rings (SSSR count). The van der Waals surface area contributed by atoms with E-state index in [1.165, 1.54) is 11.9 Å². The summed E-state index contributed by atoms with van der Waals surface area (Å²) in [6.45, 7) is 4.33. The molecule has 7 nitrogen and oxygen atoms in total. The lowest BCUT2D eigenvalue weighted by Gasteiger charge is -2.26. The van der Waals surface area contributed by atoms with E-state index in [0.29, 0.717) is 37.6 Å². The fourth-order valence-corrected chi connectivity index (χ4v) is 2.81. The van der Waals surface area contributed by atoms with Gasteiger partial charge in [0.1, 0.15) is 12.0 Å². The molecule has 7 heteroatoms. The molecule has 0 spiro atoms. The van der Waals surface area contributed by atoms with Crippen LogP contribution in [0.25, 0.3) is 16.8 Å². The van der Waals surface area contributed by atoms with Gasteiger partial charge in [-0.1, -0.05) is 29.8 Å². The van der Waals surface area contributed by atoms with E-state index in [1.807, 2.05) is 31.2 Å². The predicted octanol–water partition coefficient (Wildman–Crippen LogP) is 1.57. The fourth-order valence-electron chi connectivity index (χ4n) is 2.81. The standard InChI is InChI=1S/C17H17N5O2/c1-12-2-4-13(5-3-12)14-10-15(20-22-11-18-19-16(14)22)17(23)21-6-8-24-9-7-21/h2-5,10-11H,6-9H2,1H3. The third-order valence-electron chi connectivity index (χ3n) is 4.15. The molecule has 1 saturated heterocycles. The second-order valence-corrected chi connectivity index (χ2v) is 5.81. The first-order valence-corrected chi connectivity index (χ1v) is 7.87. The number of hydrogen-bond acceptors (Lipinski definition) is 5. The van der Waals surface area contributed by atoms with Gasteiger partial charge in [-0.15, -0.1) is 10.2 Å². The number of aryl methyl sites for hydroxylation is 1. The minimum Gasteiger partial charge on any atom is -0.378 e. The van der Waals surface area contributed by atoms with Crippen molar-refractivity contribution in [3.8, 4) is 11.1 Å².